The number of guanidine groups is 1. The van der Waals surface area contributed by atoms with Gasteiger partial charge in [0.05, 0.1) is 6.54 Å². The number of hydrogen-bond donors (Lipinski definition) is 2. The van der Waals surface area contributed by atoms with E-state index < -0.39 is 0 Å². The molecule has 6 heteroatoms. The largest absolute Gasteiger partial charge is 0.454 e. The zero-order chi connectivity index (χ0) is 16.1. The van der Waals surface area contributed by atoms with E-state index >= 15 is 0 Å². The van der Waals surface area contributed by atoms with E-state index in [1.807, 2.05) is 6.07 Å². The summed E-state index contributed by atoms with van der Waals surface area (Å²) < 4.78 is 11.0. The minimum Gasteiger partial charge on any atom is -0.454 e. The zero-order valence-corrected chi connectivity index (χ0v) is 16.7. The summed E-state index contributed by atoms with van der Waals surface area (Å²) in [6.45, 7) is 4.04. The van der Waals surface area contributed by atoms with Crippen molar-refractivity contribution in [2.45, 2.75) is 50.9 Å². The molecule has 1 aromatic rings. The highest BCUT2D eigenvalue weighted by atomic mass is 127. The van der Waals surface area contributed by atoms with Crippen LogP contribution in [0.3, 0.4) is 0 Å². The molecule has 3 N–H and O–H groups in total. The number of nitrogens with zero attached hydrogens (tertiary/aromatic N) is 1. The number of nitrogens with two attached hydrogens (primary N) is 1. The van der Waals surface area contributed by atoms with Crippen LogP contribution in [0.2, 0.25) is 0 Å². The topological polar surface area (TPSA) is 68.9 Å². The standard InChI is InChI=1S/C18H27N3O2.HI/c1-2-10-20-17(19)21-12-18(8-4-3-5-9-18)14-6-7-15-16(11-14)23-13-22-15;/h6-7,11H,2-5,8-10,12-13H2,1H3,(H3,19,20,21);1H. The average molecular weight is 445 g/mol. The van der Waals surface area contributed by atoms with Crippen LogP contribution in [0.1, 0.15) is 51.0 Å². The molecule has 0 unspecified atom stereocenters. The van der Waals surface area contributed by atoms with Crippen molar-refractivity contribution in [3.8, 4) is 11.5 Å². The Morgan fingerprint density at radius 1 is 1.21 bits per heavy atom. The maximum absolute atomic E-state index is 6.00. The van der Waals surface area contributed by atoms with Crippen LogP contribution < -0.4 is 20.5 Å². The van der Waals surface area contributed by atoms with Gasteiger partial charge in [-0.25, -0.2) is 0 Å². The fraction of sp³-hybridized carbons (Fsp3) is 0.611. The number of ether oxygens (including phenoxy) is 2. The molecule has 1 aliphatic heterocycles. The quantitative estimate of drug-likeness (QED) is 0.413. The average Bonchev–Trinajstić information content (AvgIpc) is 3.06. The Morgan fingerprint density at radius 3 is 2.71 bits per heavy atom. The number of rotatable bonds is 5. The molecule has 3 rings (SSSR count). The molecule has 0 bridgehead atoms. The summed E-state index contributed by atoms with van der Waals surface area (Å²) in [6, 6.07) is 6.33. The van der Waals surface area contributed by atoms with E-state index in [0.29, 0.717) is 12.8 Å². The predicted octanol–water partition coefficient (Wildman–Crippen LogP) is 3.55. The molecule has 1 fully saturated rings. The molecule has 0 saturated heterocycles. The van der Waals surface area contributed by atoms with Gasteiger partial charge in [-0.1, -0.05) is 32.3 Å². The van der Waals surface area contributed by atoms with Crippen LogP contribution in [0.25, 0.3) is 0 Å². The maximum Gasteiger partial charge on any atom is 0.231 e. The Balaban J connectivity index is 0.00000208. The first-order chi connectivity index (χ1) is 11.2. The van der Waals surface area contributed by atoms with Crippen LogP contribution in [-0.2, 0) is 5.41 Å². The van der Waals surface area contributed by atoms with Gasteiger partial charge in [0.2, 0.25) is 6.79 Å². The highest BCUT2D eigenvalue weighted by Crippen LogP contribution is 2.43. The lowest BCUT2D eigenvalue weighted by Gasteiger charge is -2.36. The molecule has 5 nitrogen and oxygen atoms in total. The van der Waals surface area contributed by atoms with Crippen molar-refractivity contribution in [2.24, 2.45) is 10.7 Å². The number of fused-ring (bicyclic) bond motifs is 1. The van der Waals surface area contributed by atoms with E-state index in [9.17, 15) is 0 Å². The molecule has 0 amide bonds. The molecule has 2 aliphatic rings. The van der Waals surface area contributed by atoms with Gasteiger partial charge in [0.15, 0.2) is 17.5 Å². The number of aliphatic imine (C=N–C) groups is 1. The molecule has 1 saturated carbocycles. The van der Waals surface area contributed by atoms with Crippen molar-refractivity contribution < 1.29 is 9.47 Å². The summed E-state index contributed by atoms with van der Waals surface area (Å²) in [5, 5.41) is 3.17. The molecule has 0 atom stereocenters. The smallest absolute Gasteiger partial charge is 0.231 e. The van der Waals surface area contributed by atoms with Gasteiger partial charge < -0.3 is 20.5 Å². The molecule has 0 aromatic heterocycles. The minimum atomic E-state index is 0. The molecule has 1 heterocycles. The van der Waals surface area contributed by atoms with E-state index in [-0.39, 0.29) is 29.4 Å². The summed E-state index contributed by atoms with van der Waals surface area (Å²) in [5.41, 5.74) is 7.37. The molecular weight excluding hydrogens is 417 g/mol. The van der Waals surface area contributed by atoms with Gasteiger partial charge in [0, 0.05) is 12.0 Å². The van der Waals surface area contributed by atoms with Crippen LogP contribution >= 0.6 is 24.0 Å². The lowest BCUT2D eigenvalue weighted by Crippen LogP contribution is -2.37. The van der Waals surface area contributed by atoms with Crippen molar-refractivity contribution in [2.75, 3.05) is 19.9 Å². The Morgan fingerprint density at radius 2 is 1.96 bits per heavy atom. The van der Waals surface area contributed by atoms with E-state index in [2.05, 4.69) is 29.4 Å². The summed E-state index contributed by atoms with van der Waals surface area (Å²) in [7, 11) is 0. The first-order valence-electron chi connectivity index (χ1n) is 8.67. The first kappa shape index (κ1) is 19.1. The predicted molar refractivity (Wildman–Crippen MR) is 108 cm³/mol. The SMILES string of the molecule is CCCNC(N)=NCC1(c2ccc3c(c2)OCO3)CCCCC1.I. The minimum absolute atomic E-state index is 0. The fourth-order valence-corrected chi connectivity index (χ4v) is 3.54. The van der Waals surface area contributed by atoms with Crippen LogP contribution in [0.4, 0.5) is 0 Å². The molecule has 1 aliphatic carbocycles. The summed E-state index contributed by atoms with van der Waals surface area (Å²) in [6.07, 6.45) is 7.13. The van der Waals surface area contributed by atoms with E-state index in [1.54, 1.807) is 0 Å². The second kappa shape index (κ2) is 8.78. The Bertz CT molecular complexity index is 571. The number of nitrogens with one attached hydrogen (secondary N) is 1. The van der Waals surface area contributed by atoms with Gasteiger partial charge in [-0.2, -0.15) is 0 Å². The van der Waals surface area contributed by atoms with Crippen LogP contribution in [0, 0.1) is 0 Å². The van der Waals surface area contributed by atoms with Crippen molar-refractivity contribution >= 4 is 29.9 Å². The highest BCUT2D eigenvalue weighted by molar-refractivity contribution is 14.0. The van der Waals surface area contributed by atoms with Crippen LogP contribution in [0.15, 0.2) is 23.2 Å². The molecule has 0 radical (unpaired) electrons. The number of halogens is 1. The van der Waals surface area contributed by atoms with Crippen molar-refractivity contribution in [1.82, 2.24) is 5.32 Å². The van der Waals surface area contributed by atoms with E-state index in [0.717, 1.165) is 43.9 Å². The fourth-order valence-electron chi connectivity index (χ4n) is 3.54. The second-order valence-electron chi connectivity index (χ2n) is 6.54. The molecule has 0 spiro atoms. The third kappa shape index (κ3) is 4.26. The zero-order valence-electron chi connectivity index (χ0n) is 14.3. The molecule has 1 aromatic carbocycles. The summed E-state index contributed by atoms with van der Waals surface area (Å²) >= 11 is 0. The third-order valence-electron chi connectivity index (χ3n) is 4.90. The normalized spacial score (nSPS) is 18.8. The highest BCUT2D eigenvalue weighted by Gasteiger charge is 2.35. The summed E-state index contributed by atoms with van der Waals surface area (Å²) in [4.78, 5) is 4.64. The third-order valence-corrected chi connectivity index (χ3v) is 4.90. The van der Waals surface area contributed by atoms with Gasteiger partial charge in [-0.15, -0.1) is 24.0 Å². The van der Waals surface area contributed by atoms with Gasteiger partial charge in [-0.3, -0.25) is 4.99 Å². The first-order valence-corrected chi connectivity index (χ1v) is 8.67. The lowest BCUT2D eigenvalue weighted by atomic mass is 9.69. The van der Waals surface area contributed by atoms with E-state index in [4.69, 9.17) is 15.2 Å². The Kier molecular flexibility index (Phi) is 7.01. The van der Waals surface area contributed by atoms with Crippen LogP contribution in [0.5, 0.6) is 11.5 Å². The van der Waals surface area contributed by atoms with Crippen LogP contribution in [-0.4, -0.2) is 25.8 Å². The Labute approximate surface area is 161 Å². The molecule has 134 valence electrons. The Hall–Kier alpha value is -1.18. The van der Waals surface area contributed by atoms with Crippen molar-refractivity contribution in [3.63, 3.8) is 0 Å². The number of hydrogen-bond acceptors (Lipinski definition) is 3. The molecular formula is C18H28IN3O2. The van der Waals surface area contributed by atoms with Gasteiger partial charge >= 0.3 is 0 Å². The second-order valence-corrected chi connectivity index (χ2v) is 6.54. The van der Waals surface area contributed by atoms with Gasteiger partial charge in [0.1, 0.15) is 0 Å². The summed E-state index contributed by atoms with van der Waals surface area (Å²) in [5.74, 6) is 2.25. The molecule has 24 heavy (non-hydrogen) atoms. The van der Waals surface area contributed by atoms with Crippen molar-refractivity contribution in [1.29, 1.82) is 0 Å². The van der Waals surface area contributed by atoms with Crippen molar-refractivity contribution in [3.05, 3.63) is 23.8 Å². The lowest BCUT2D eigenvalue weighted by molar-refractivity contribution is 0.174. The maximum atomic E-state index is 6.00. The monoisotopic (exact) mass is 445 g/mol. The van der Waals surface area contributed by atoms with Gasteiger partial charge in [0.25, 0.3) is 0 Å². The number of benzene rings is 1. The van der Waals surface area contributed by atoms with E-state index in [1.165, 1.54) is 24.8 Å². The van der Waals surface area contributed by atoms with Gasteiger partial charge in [-0.05, 0) is 37.0 Å².